The number of methoxy groups -OCH3 is 1. The summed E-state index contributed by atoms with van der Waals surface area (Å²) in [5, 5.41) is 0. The smallest absolute Gasteiger partial charge is 0.329 e. The van der Waals surface area contributed by atoms with Crippen LogP contribution in [0.15, 0.2) is 9.59 Å². The molecular formula is C11H16N4O3. The first kappa shape index (κ1) is 12.6. The Hall–Kier alpha value is -1.89. The molecule has 0 radical (unpaired) electrons. The molecule has 98 valence electrons. The number of H-pyrrole nitrogens is 2. The third-order valence-corrected chi connectivity index (χ3v) is 2.80. The second-order valence-corrected chi connectivity index (χ2v) is 4.47. The van der Waals surface area contributed by atoms with Gasteiger partial charge in [0.2, 0.25) is 0 Å². The van der Waals surface area contributed by atoms with Gasteiger partial charge in [-0.25, -0.2) is 9.78 Å². The largest absolute Gasteiger partial charge is 0.384 e. The molecule has 2 aromatic heterocycles. The van der Waals surface area contributed by atoms with Crippen LogP contribution in [-0.2, 0) is 18.2 Å². The highest BCUT2D eigenvalue weighted by Crippen LogP contribution is 2.09. The number of nitrogens with one attached hydrogen (secondary N) is 2. The lowest BCUT2D eigenvalue weighted by atomic mass is 10.1. The van der Waals surface area contributed by atoms with E-state index in [1.807, 2.05) is 6.92 Å². The number of aryl methyl sites for hydroxylation is 1. The molecule has 0 saturated carbocycles. The molecule has 18 heavy (non-hydrogen) atoms. The Morgan fingerprint density at radius 3 is 2.78 bits per heavy atom. The van der Waals surface area contributed by atoms with Gasteiger partial charge in [0, 0.05) is 27.2 Å². The molecule has 7 nitrogen and oxygen atoms in total. The quantitative estimate of drug-likeness (QED) is 0.786. The minimum Gasteiger partial charge on any atom is -0.384 e. The fraction of sp³-hybridized carbons (Fsp3) is 0.545. The molecule has 0 fully saturated rings. The Balaban J connectivity index is 2.45. The predicted octanol–water partition coefficient (Wildman–Crippen LogP) is -0.225. The zero-order chi connectivity index (χ0) is 13.3. The molecule has 0 saturated heterocycles. The van der Waals surface area contributed by atoms with Crippen LogP contribution in [0.3, 0.4) is 0 Å². The van der Waals surface area contributed by atoms with E-state index >= 15 is 0 Å². The molecule has 0 aliphatic rings. The molecule has 1 atom stereocenters. The van der Waals surface area contributed by atoms with Crippen molar-refractivity contribution < 1.29 is 4.74 Å². The number of imidazole rings is 1. The van der Waals surface area contributed by atoms with Crippen LogP contribution in [-0.4, -0.2) is 33.2 Å². The van der Waals surface area contributed by atoms with E-state index in [-0.39, 0.29) is 5.92 Å². The van der Waals surface area contributed by atoms with Gasteiger partial charge >= 0.3 is 5.69 Å². The van der Waals surface area contributed by atoms with Crippen LogP contribution in [0.5, 0.6) is 0 Å². The summed E-state index contributed by atoms with van der Waals surface area (Å²) in [5.41, 5.74) is -0.193. The average Bonchev–Trinajstić information content (AvgIpc) is 2.71. The first-order chi connectivity index (χ1) is 8.52. The van der Waals surface area contributed by atoms with Crippen molar-refractivity contribution in [1.29, 1.82) is 0 Å². The summed E-state index contributed by atoms with van der Waals surface area (Å²) in [6.07, 6.45) is 0.663. The number of fused-ring (bicyclic) bond motifs is 1. The number of ether oxygens (including phenoxy) is 1. The van der Waals surface area contributed by atoms with Crippen molar-refractivity contribution in [2.24, 2.45) is 13.0 Å². The van der Waals surface area contributed by atoms with Crippen LogP contribution >= 0.6 is 0 Å². The van der Waals surface area contributed by atoms with E-state index in [1.54, 1.807) is 14.2 Å². The van der Waals surface area contributed by atoms with E-state index in [0.29, 0.717) is 30.0 Å². The van der Waals surface area contributed by atoms with Crippen molar-refractivity contribution in [3.05, 3.63) is 26.7 Å². The number of rotatable bonds is 4. The van der Waals surface area contributed by atoms with Gasteiger partial charge in [-0.1, -0.05) is 6.92 Å². The van der Waals surface area contributed by atoms with E-state index in [0.717, 1.165) is 0 Å². The first-order valence-corrected chi connectivity index (χ1v) is 5.69. The van der Waals surface area contributed by atoms with E-state index in [9.17, 15) is 9.59 Å². The Labute approximate surface area is 103 Å². The van der Waals surface area contributed by atoms with Crippen molar-refractivity contribution in [2.45, 2.75) is 13.3 Å². The third-order valence-electron chi connectivity index (χ3n) is 2.80. The SMILES string of the molecule is COCC(C)Cc1nc2c([nH]1)c(=O)[nH]c(=O)n2C. The fourth-order valence-electron chi connectivity index (χ4n) is 1.92. The number of nitrogens with zero attached hydrogens (tertiary/aromatic N) is 2. The average molecular weight is 252 g/mol. The second kappa shape index (κ2) is 4.77. The number of hydrogen-bond acceptors (Lipinski definition) is 4. The highest BCUT2D eigenvalue weighted by atomic mass is 16.5. The summed E-state index contributed by atoms with van der Waals surface area (Å²) < 4.78 is 6.37. The van der Waals surface area contributed by atoms with Crippen molar-refractivity contribution >= 4 is 11.2 Å². The van der Waals surface area contributed by atoms with Gasteiger partial charge in [-0.15, -0.1) is 0 Å². The molecule has 0 spiro atoms. The lowest BCUT2D eigenvalue weighted by Crippen LogP contribution is -2.28. The second-order valence-electron chi connectivity index (χ2n) is 4.47. The molecule has 2 aromatic rings. The van der Waals surface area contributed by atoms with Crippen LogP contribution < -0.4 is 11.2 Å². The van der Waals surface area contributed by atoms with Crippen LogP contribution in [0, 0.1) is 5.92 Å². The normalized spacial score (nSPS) is 13.1. The monoisotopic (exact) mass is 252 g/mol. The van der Waals surface area contributed by atoms with Crippen molar-refractivity contribution in [3.8, 4) is 0 Å². The molecular weight excluding hydrogens is 236 g/mol. The number of aromatic amines is 2. The van der Waals surface area contributed by atoms with Gasteiger partial charge < -0.3 is 9.72 Å². The molecule has 7 heteroatoms. The van der Waals surface area contributed by atoms with Crippen molar-refractivity contribution in [1.82, 2.24) is 19.5 Å². The van der Waals surface area contributed by atoms with E-state index in [1.165, 1.54) is 4.57 Å². The summed E-state index contributed by atoms with van der Waals surface area (Å²) in [6, 6.07) is 0. The molecule has 1 unspecified atom stereocenters. The lowest BCUT2D eigenvalue weighted by molar-refractivity contribution is 0.159. The minimum absolute atomic E-state index is 0.284. The topological polar surface area (TPSA) is 92.8 Å². The van der Waals surface area contributed by atoms with Gasteiger partial charge in [-0.2, -0.15) is 0 Å². The van der Waals surface area contributed by atoms with Gasteiger partial charge in [-0.3, -0.25) is 14.3 Å². The maximum Gasteiger partial charge on any atom is 0.329 e. The maximum atomic E-state index is 11.6. The standard InChI is InChI=1S/C11H16N4O3/c1-6(5-18-3)4-7-12-8-9(13-7)15(2)11(17)14-10(8)16/h6H,4-5H2,1-3H3,(H,12,13)(H,14,16,17). The molecule has 2 N–H and O–H groups in total. The van der Waals surface area contributed by atoms with E-state index < -0.39 is 11.2 Å². The minimum atomic E-state index is -0.463. The van der Waals surface area contributed by atoms with Gasteiger partial charge in [0.25, 0.3) is 5.56 Å². The van der Waals surface area contributed by atoms with Crippen molar-refractivity contribution in [3.63, 3.8) is 0 Å². The maximum absolute atomic E-state index is 11.6. The van der Waals surface area contributed by atoms with Gasteiger partial charge in [0.1, 0.15) is 11.3 Å². The molecule has 0 aliphatic heterocycles. The molecule has 2 rings (SSSR count). The number of aromatic nitrogens is 4. The Bertz CT molecular complexity index is 667. The van der Waals surface area contributed by atoms with Gasteiger partial charge in [0.15, 0.2) is 5.65 Å². The third kappa shape index (κ3) is 2.21. The van der Waals surface area contributed by atoms with Gasteiger partial charge in [-0.05, 0) is 5.92 Å². The first-order valence-electron chi connectivity index (χ1n) is 5.69. The summed E-state index contributed by atoms with van der Waals surface area (Å²) >= 11 is 0. The number of hydrogen-bond donors (Lipinski definition) is 2. The molecule has 0 aromatic carbocycles. The van der Waals surface area contributed by atoms with Crippen LogP contribution in [0.4, 0.5) is 0 Å². The van der Waals surface area contributed by atoms with E-state index in [2.05, 4.69) is 15.0 Å². The highest BCUT2D eigenvalue weighted by Gasteiger charge is 2.12. The molecule has 2 heterocycles. The summed E-state index contributed by atoms with van der Waals surface area (Å²) in [7, 11) is 3.22. The zero-order valence-corrected chi connectivity index (χ0v) is 10.6. The van der Waals surface area contributed by atoms with Gasteiger partial charge in [0.05, 0.1) is 0 Å². The highest BCUT2D eigenvalue weighted by molar-refractivity contribution is 5.69. The Morgan fingerprint density at radius 2 is 2.11 bits per heavy atom. The predicted molar refractivity (Wildman–Crippen MR) is 66.7 cm³/mol. The zero-order valence-electron chi connectivity index (χ0n) is 10.6. The van der Waals surface area contributed by atoms with Crippen LogP contribution in [0.1, 0.15) is 12.7 Å². The molecule has 0 aliphatic carbocycles. The Morgan fingerprint density at radius 1 is 1.39 bits per heavy atom. The summed E-state index contributed by atoms with van der Waals surface area (Å²) in [4.78, 5) is 32.5. The Kier molecular flexibility index (Phi) is 3.33. The van der Waals surface area contributed by atoms with Crippen LogP contribution in [0.25, 0.3) is 11.2 Å². The lowest BCUT2D eigenvalue weighted by Gasteiger charge is -2.06. The van der Waals surface area contributed by atoms with Crippen LogP contribution in [0.2, 0.25) is 0 Å². The van der Waals surface area contributed by atoms with E-state index in [4.69, 9.17) is 4.74 Å². The molecule has 0 bridgehead atoms. The van der Waals surface area contributed by atoms with Crippen molar-refractivity contribution in [2.75, 3.05) is 13.7 Å². The summed E-state index contributed by atoms with van der Waals surface area (Å²) in [5.74, 6) is 0.966. The molecule has 0 amide bonds. The fourth-order valence-corrected chi connectivity index (χ4v) is 1.92. The summed E-state index contributed by atoms with van der Waals surface area (Å²) in [6.45, 7) is 2.65.